The summed E-state index contributed by atoms with van der Waals surface area (Å²) in [7, 11) is 3.23. The molecule has 0 bridgehead atoms. The summed E-state index contributed by atoms with van der Waals surface area (Å²) < 4.78 is 4.75. The molecule has 9 heavy (non-hydrogen) atoms. The van der Waals surface area contributed by atoms with Crippen LogP contribution in [-0.2, 0) is 4.74 Å². The molecular weight excluding hydrogens is 118 g/mol. The van der Waals surface area contributed by atoms with E-state index in [0.717, 1.165) is 0 Å². The predicted octanol–water partition coefficient (Wildman–Crippen LogP) is -0.352. The van der Waals surface area contributed by atoms with E-state index in [1.165, 1.54) is 0 Å². The van der Waals surface area contributed by atoms with E-state index in [2.05, 4.69) is 10.1 Å². The SMILES string of the molecule is CN=CC(COC)=NN. The first-order chi connectivity index (χ1) is 4.35. The number of nitrogens with zero attached hydrogens (tertiary/aromatic N) is 2. The molecule has 0 saturated heterocycles. The van der Waals surface area contributed by atoms with E-state index in [0.29, 0.717) is 12.3 Å². The number of ether oxygens (including phenoxy) is 1. The molecule has 0 aromatic carbocycles. The molecule has 0 amide bonds. The summed E-state index contributed by atoms with van der Waals surface area (Å²) >= 11 is 0. The molecule has 0 fully saturated rings. The standard InChI is InChI=1S/C5H11N3O/c1-7-3-5(8-6)4-9-2/h3H,4,6H2,1-2H3. The van der Waals surface area contributed by atoms with E-state index in [4.69, 9.17) is 10.6 Å². The average molecular weight is 129 g/mol. The lowest BCUT2D eigenvalue weighted by atomic mass is 10.4. The Morgan fingerprint density at radius 2 is 2.44 bits per heavy atom. The minimum absolute atomic E-state index is 0.411. The summed E-state index contributed by atoms with van der Waals surface area (Å²) in [6, 6.07) is 0. The summed E-state index contributed by atoms with van der Waals surface area (Å²) in [5.41, 5.74) is 0.639. The van der Waals surface area contributed by atoms with Crippen molar-refractivity contribution in [3.05, 3.63) is 0 Å². The second kappa shape index (κ2) is 5.24. The summed E-state index contributed by atoms with van der Waals surface area (Å²) in [4.78, 5) is 3.71. The van der Waals surface area contributed by atoms with Crippen LogP contribution < -0.4 is 5.84 Å². The second-order valence-electron chi connectivity index (χ2n) is 1.44. The Hall–Kier alpha value is -0.900. The van der Waals surface area contributed by atoms with Crippen molar-refractivity contribution in [2.75, 3.05) is 20.8 Å². The quantitative estimate of drug-likeness (QED) is 0.321. The van der Waals surface area contributed by atoms with Gasteiger partial charge in [0.25, 0.3) is 0 Å². The maximum atomic E-state index is 4.96. The van der Waals surface area contributed by atoms with E-state index in [1.807, 2.05) is 0 Å². The predicted molar refractivity (Wildman–Crippen MR) is 37.9 cm³/mol. The van der Waals surface area contributed by atoms with Gasteiger partial charge in [0, 0.05) is 20.4 Å². The maximum Gasteiger partial charge on any atom is 0.103 e. The molecule has 4 nitrogen and oxygen atoms in total. The minimum atomic E-state index is 0.411. The van der Waals surface area contributed by atoms with E-state index in [-0.39, 0.29) is 0 Å². The average Bonchev–Trinajstić information content (AvgIpc) is 1.88. The van der Waals surface area contributed by atoms with Gasteiger partial charge in [0.2, 0.25) is 0 Å². The number of aliphatic imine (C=N–C) groups is 1. The summed E-state index contributed by atoms with van der Waals surface area (Å²) in [5.74, 6) is 4.96. The van der Waals surface area contributed by atoms with Crippen molar-refractivity contribution < 1.29 is 4.74 Å². The number of methoxy groups -OCH3 is 1. The van der Waals surface area contributed by atoms with Gasteiger partial charge in [0.15, 0.2) is 0 Å². The van der Waals surface area contributed by atoms with Crippen molar-refractivity contribution in [2.24, 2.45) is 15.9 Å². The molecule has 2 N–H and O–H groups in total. The normalized spacial score (nSPS) is 12.9. The molecule has 52 valence electrons. The summed E-state index contributed by atoms with van der Waals surface area (Å²) in [6.45, 7) is 0.411. The van der Waals surface area contributed by atoms with Crippen molar-refractivity contribution in [3.8, 4) is 0 Å². The van der Waals surface area contributed by atoms with Crippen LogP contribution in [0, 0.1) is 0 Å². The molecule has 4 heteroatoms. The molecular formula is C5H11N3O. The summed E-state index contributed by atoms with van der Waals surface area (Å²) in [6.07, 6.45) is 1.56. The Bertz CT molecular complexity index is 119. The van der Waals surface area contributed by atoms with Crippen molar-refractivity contribution in [3.63, 3.8) is 0 Å². The van der Waals surface area contributed by atoms with Gasteiger partial charge in [-0.25, -0.2) is 0 Å². The van der Waals surface area contributed by atoms with Crippen LogP contribution in [0.4, 0.5) is 0 Å². The van der Waals surface area contributed by atoms with Gasteiger partial charge in [-0.1, -0.05) is 0 Å². The van der Waals surface area contributed by atoms with E-state index < -0.39 is 0 Å². The van der Waals surface area contributed by atoms with Gasteiger partial charge in [-0.2, -0.15) is 5.10 Å². The number of hydrazone groups is 1. The van der Waals surface area contributed by atoms with E-state index >= 15 is 0 Å². The maximum absolute atomic E-state index is 4.96. The zero-order chi connectivity index (χ0) is 7.11. The fourth-order valence-corrected chi connectivity index (χ4v) is 0.405. The van der Waals surface area contributed by atoms with Gasteiger partial charge >= 0.3 is 0 Å². The molecule has 0 rings (SSSR count). The lowest BCUT2D eigenvalue weighted by Gasteiger charge is -1.93. The van der Waals surface area contributed by atoms with Crippen LogP contribution >= 0.6 is 0 Å². The highest BCUT2D eigenvalue weighted by atomic mass is 16.5. The van der Waals surface area contributed by atoms with Crippen LogP contribution in [0.1, 0.15) is 0 Å². The zero-order valence-electron chi connectivity index (χ0n) is 5.66. The van der Waals surface area contributed by atoms with Crippen LogP contribution in [0.25, 0.3) is 0 Å². The van der Waals surface area contributed by atoms with Gasteiger partial charge in [-0.3, -0.25) is 4.99 Å². The zero-order valence-corrected chi connectivity index (χ0v) is 5.66. The van der Waals surface area contributed by atoms with E-state index in [9.17, 15) is 0 Å². The van der Waals surface area contributed by atoms with Crippen molar-refractivity contribution in [1.82, 2.24) is 0 Å². The minimum Gasteiger partial charge on any atom is -0.378 e. The monoisotopic (exact) mass is 129 g/mol. The highest BCUT2D eigenvalue weighted by molar-refractivity contribution is 6.31. The van der Waals surface area contributed by atoms with Gasteiger partial charge in [-0.05, 0) is 0 Å². The molecule has 0 aliphatic rings. The highest BCUT2D eigenvalue weighted by Crippen LogP contribution is 1.72. The molecule has 0 saturated carbocycles. The van der Waals surface area contributed by atoms with Crippen LogP contribution in [0.2, 0.25) is 0 Å². The molecule has 0 atom stereocenters. The molecule has 0 aliphatic carbocycles. The molecule has 0 radical (unpaired) electrons. The van der Waals surface area contributed by atoms with Crippen LogP contribution in [0.15, 0.2) is 10.1 Å². The number of hydrogen-bond donors (Lipinski definition) is 1. The van der Waals surface area contributed by atoms with Crippen LogP contribution in [-0.4, -0.2) is 32.7 Å². The Balaban J connectivity index is 3.70. The molecule has 0 unspecified atom stereocenters. The first kappa shape index (κ1) is 8.10. The van der Waals surface area contributed by atoms with Crippen molar-refractivity contribution in [1.29, 1.82) is 0 Å². The second-order valence-corrected chi connectivity index (χ2v) is 1.44. The largest absolute Gasteiger partial charge is 0.378 e. The molecule has 0 heterocycles. The van der Waals surface area contributed by atoms with Gasteiger partial charge in [0.05, 0.1) is 6.61 Å². The summed E-state index contributed by atoms with van der Waals surface area (Å²) in [5, 5.41) is 3.41. The van der Waals surface area contributed by atoms with E-state index in [1.54, 1.807) is 20.4 Å². The van der Waals surface area contributed by atoms with Crippen molar-refractivity contribution in [2.45, 2.75) is 0 Å². The Labute approximate surface area is 54.4 Å². The van der Waals surface area contributed by atoms with Crippen LogP contribution in [0.5, 0.6) is 0 Å². The number of rotatable bonds is 3. The fraction of sp³-hybridized carbons (Fsp3) is 0.600. The molecule has 0 aliphatic heterocycles. The third kappa shape index (κ3) is 3.66. The van der Waals surface area contributed by atoms with Gasteiger partial charge < -0.3 is 10.6 Å². The fourth-order valence-electron chi connectivity index (χ4n) is 0.405. The third-order valence-electron chi connectivity index (χ3n) is 0.736. The topological polar surface area (TPSA) is 60.0 Å². The van der Waals surface area contributed by atoms with Gasteiger partial charge in [0.1, 0.15) is 5.71 Å². The first-order valence-corrected chi connectivity index (χ1v) is 2.53. The Morgan fingerprint density at radius 3 is 2.78 bits per heavy atom. The number of nitrogens with two attached hydrogens (primary N) is 1. The third-order valence-corrected chi connectivity index (χ3v) is 0.736. The van der Waals surface area contributed by atoms with Crippen molar-refractivity contribution >= 4 is 11.9 Å². The highest BCUT2D eigenvalue weighted by Gasteiger charge is 1.89. The first-order valence-electron chi connectivity index (χ1n) is 2.53. The molecule has 0 aromatic heterocycles. The van der Waals surface area contributed by atoms with Gasteiger partial charge in [-0.15, -0.1) is 0 Å². The van der Waals surface area contributed by atoms with Crippen LogP contribution in [0.3, 0.4) is 0 Å². The number of hydrogen-bond acceptors (Lipinski definition) is 4. The molecule has 0 aromatic rings. The lowest BCUT2D eigenvalue weighted by Crippen LogP contribution is -2.10. The lowest BCUT2D eigenvalue weighted by molar-refractivity contribution is 0.246. The Kier molecular flexibility index (Phi) is 4.72. The Morgan fingerprint density at radius 1 is 1.78 bits per heavy atom. The smallest absolute Gasteiger partial charge is 0.103 e. The molecule has 0 spiro atoms.